The first-order valence-corrected chi connectivity index (χ1v) is 34.3. The quantitative estimate of drug-likeness (QED) is 0.0320. The van der Waals surface area contributed by atoms with E-state index >= 15 is 0 Å². The van der Waals surface area contributed by atoms with Gasteiger partial charge in [-0.05, 0) is 83.5 Å². The minimum atomic E-state index is -0.841. The molecule has 0 aliphatic heterocycles. The van der Waals surface area contributed by atoms with Crippen LogP contribution in [0.15, 0.2) is 36.5 Å². The van der Waals surface area contributed by atoms with E-state index in [-0.39, 0.29) is 18.5 Å². The summed E-state index contributed by atoms with van der Waals surface area (Å²) in [7, 11) is 0. The second-order valence-electron chi connectivity index (χ2n) is 23.5. The molecule has 2 atom stereocenters. The Kier molecular flexibility index (Phi) is 63.9. The van der Waals surface area contributed by atoms with Gasteiger partial charge < -0.3 is 20.3 Å². The number of unbranched alkanes of at least 4 members (excludes halogenated alkanes) is 49. The van der Waals surface area contributed by atoms with Crippen molar-refractivity contribution in [2.75, 3.05) is 13.2 Å². The lowest BCUT2D eigenvalue weighted by Crippen LogP contribution is -2.45. The molecule has 0 fully saturated rings. The van der Waals surface area contributed by atoms with Gasteiger partial charge in [-0.15, -0.1) is 0 Å². The smallest absolute Gasteiger partial charge is 0.305 e. The van der Waals surface area contributed by atoms with Gasteiger partial charge in [-0.1, -0.05) is 314 Å². The molecule has 0 saturated carbocycles. The SMILES string of the molecule is CCCCCCCCC/C=C\CCCCCCCC(=O)OCCCCCCCCCCCCCC/C=C\CCCCCCCCCCCCCCCCCCC(=O)NC(CO)C(O)/C=C/CCCCCCCCCCC. The van der Waals surface area contributed by atoms with Gasteiger partial charge in [-0.25, -0.2) is 0 Å². The van der Waals surface area contributed by atoms with Crippen LogP contribution in [0.1, 0.15) is 373 Å². The van der Waals surface area contributed by atoms with Crippen LogP contribution in [0, 0.1) is 0 Å². The van der Waals surface area contributed by atoms with Crippen LogP contribution in [0.4, 0.5) is 0 Å². The number of hydrogen-bond acceptors (Lipinski definition) is 5. The number of carbonyl (C=O) groups excluding carboxylic acids is 2. The highest BCUT2D eigenvalue weighted by atomic mass is 16.5. The third-order valence-corrected chi connectivity index (χ3v) is 15.9. The van der Waals surface area contributed by atoms with E-state index in [4.69, 9.17) is 4.74 Å². The Balaban J connectivity index is 3.34. The first kappa shape index (κ1) is 74.1. The maximum atomic E-state index is 12.4. The first-order chi connectivity index (χ1) is 37.5. The van der Waals surface area contributed by atoms with Crippen molar-refractivity contribution in [1.29, 1.82) is 0 Å². The molecule has 0 saturated heterocycles. The van der Waals surface area contributed by atoms with Crippen molar-refractivity contribution in [3.63, 3.8) is 0 Å². The average molecular weight is 1070 g/mol. The van der Waals surface area contributed by atoms with E-state index in [2.05, 4.69) is 43.5 Å². The minimum absolute atomic E-state index is 0.0107. The van der Waals surface area contributed by atoms with Gasteiger partial charge in [0.1, 0.15) is 0 Å². The van der Waals surface area contributed by atoms with Crippen LogP contribution in [0.3, 0.4) is 0 Å². The van der Waals surface area contributed by atoms with Crippen LogP contribution in [0.5, 0.6) is 0 Å². The second-order valence-corrected chi connectivity index (χ2v) is 23.5. The molecule has 76 heavy (non-hydrogen) atoms. The number of aliphatic hydroxyl groups is 2. The minimum Gasteiger partial charge on any atom is -0.466 e. The van der Waals surface area contributed by atoms with Crippen molar-refractivity contribution in [2.24, 2.45) is 0 Å². The van der Waals surface area contributed by atoms with Gasteiger partial charge in [0, 0.05) is 12.8 Å². The molecule has 0 aromatic carbocycles. The molecular formula is C70H133NO5. The Morgan fingerprint density at radius 1 is 0.355 bits per heavy atom. The first-order valence-electron chi connectivity index (χ1n) is 34.3. The lowest BCUT2D eigenvalue weighted by Gasteiger charge is -2.20. The summed E-state index contributed by atoms with van der Waals surface area (Å²) in [5.41, 5.74) is 0. The summed E-state index contributed by atoms with van der Waals surface area (Å²) >= 11 is 0. The molecule has 0 aliphatic rings. The largest absolute Gasteiger partial charge is 0.466 e. The van der Waals surface area contributed by atoms with Crippen LogP contribution in [0.25, 0.3) is 0 Å². The summed E-state index contributed by atoms with van der Waals surface area (Å²) in [6.07, 6.45) is 83.7. The monoisotopic (exact) mass is 1070 g/mol. The van der Waals surface area contributed by atoms with Crippen LogP contribution in [-0.4, -0.2) is 47.4 Å². The molecule has 0 aromatic heterocycles. The van der Waals surface area contributed by atoms with Crippen molar-refractivity contribution in [1.82, 2.24) is 5.32 Å². The van der Waals surface area contributed by atoms with Gasteiger partial charge in [0.15, 0.2) is 0 Å². The van der Waals surface area contributed by atoms with Gasteiger partial charge in [-0.2, -0.15) is 0 Å². The summed E-state index contributed by atoms with van der Waals surface area (Å²) in [5, 5.41) is 23.0. The molecule has 1 amide bonds. The Hall–Kier alpha value is -1.92. The van der Waals surface area contributed by atoms with E-state index < -0.39 is 12.1 Å². The number of amides is 1. The molecule has 0 radical (unpaired) electrons. The fourth-order valence-electron chi connectivity index (χ4n) is 10.6. The molecule has 0 spiro atoms. The summed E-state index contributed by atoms with van der Waals surface area (Å²) in [6.45, 7) is 4.91. The number of esters is 1. The van der Waals surface area contributed by atoms with Crippen molar-refractivity contribution in [3.8, 4) is 0 Å². The summed E-state index contributed by atoms with van der Waals surface area (Å²) in [6, 6.07) is -0.624. The van der Waals surface area contributed by atoms with Crippen molar-refractivity contribution in [2.45, 2.75) is 386 Å². The zero-order valence-electron chi connectivity index (χ0n) is 51.3. The normalized spacial score (nSPS) is 12.7. The van der Waals surface area contributed by atoms with E-state index in [0.29, 0.717) is 19.4 Å². The molecule has 6 heteroatoms. The number of ether oxygens (including phenoxy) is 1. The zero-order valence-corrected chi connectivity index (χ0v) is 51.3. The lowest BCUT2D eigenvalue weighted by molar-refractivity contribution is -0.143. The Morgan fingerprint density at radius 3 is 0.934 bits per heavy atom. The Bertz CT molecular complexity index is 1230. The maximum absolute atomic E-state index is 12.4. The maximum Gasteiger partial charge on any atom is 0.305 e. The predicted molar refractivity (Wildman–Crippen MR) is 333 cm³/mol. The highest BCUT2D eigenvalue weighted by Gasteiger charge is 2.18. The highest BCUT2D eigenvalue weighted by molar-refractivity contribution is 5.76. The molecule has 6 nitrogen and oxygen atoms in total. The summed E-state index contributed by atoms with van der Waals surface area (Å²) < 4.78 is 5.49. The van der Waals surface area contributed by atoms with Gasteiger partial charge in [-0.3, -0.25) is 9.59 Å². The highest BCUT2D eigenvalue weighted by Crippen LogP contribution is 2.18. The van der Waals surface area contributed by atoms with Gasteiger partial charge in [0.2, 0.25) is 5.91 Å². The molecule has 3 N–H and O–H groups in total. The molecule has 448 valence electrons. The van der Waals surface area contributed by atoms with Crippen LogP contribution in [-0.2, 0) is 14.3 Å². The Labute approximate surface area is 474 Å². The van der Waals surface area contributed by atoms with Crippen LogP contribution in [0.2, 0.25) is 0 Å². The third kappa shape index (κ3) is 61.3. The Morgan fingerprint density at radius 2 is 0.618 bits per heavy atom. The van der Waals surface area contributed by atoms with E-state index in [9.17, 15) is 19.8 Å². The topological polar surface area (TPSA) is 95.9 Å². The third-order valence-electron chi connectivity index (χ3n) is 15.9. The number of hydrogen-bond donors (Lipinski definition) is 3. The second kappa shape index (κ2) is 65.6. The summed E-state index contributed by atoms with van der Waals surface area (Å²) in [5.74, 6) is -0.0548. The molecule has 2 unspecified atom stereocenters. The van der Waals surface area contributed by atoms with Gasteiger partial charge >= 0.3 is 5.97 Å². The van der Waals surface area contributed by atoms with Gasteiger partial charge in [0.05, 0.1) is 25.4 Å². The van der Waals surface area contributed by atoms with E-state index in [1.807, 2.05) is 6.08 Å². The lowest BCUT2D eigenvalue weighted by atomic mass is 10.0. The molecular weight excluding hydrogens is 935 g/mol. The molecule has 0 rings (SSSR count). The number of carbonyl (C=O) groups is 2. The molecule has 0 bridgehead atoms. The average Bonchev–Trinajstić information content (AvgIpc) is 3.42. The molecule has 0 aliphatic carbocycles. The number of allylic oxidation sites excluding steroid dienone is 5. The van der Waals surface area contributed by atoms with E-state index in [1.165, 1.54) is 302 Å². The summed E-state index contributed by atoms with van der Waals surface area (Å²) in [4.78, 5) is 24.5. The van der Waals surface area contributed by atoms with Crippen LogP contribution >= 0.6 is 0 Å². The molecule has 0 heterocycles. The van der Waals surface area contributed by atoms with Crippen LogP contribution < -0.4 is 5.32 Å². The predicted octanol–water partition coefficient (Wildman–Crippen LogP) is 21.9. The molecule has 0 aromatic rings. The zero-order chi connectivity index (χ0) is 55.0. The fraction of sp³-hybridized carbons (Fsp3) is 0.886. The van der Waals surface area contributed by atoms with Crippen molar-refractivity contribution < 1.29 is 24.5 Å². The fourth-order valence-corrected chi connectivity index (χ4v) is 10.6. The number of nitrogens with one attached hydrogen (secondary N) is 1. The van der Waals surface area contributed by atoms with E-state index in [1.54, 1.807) is 6.08 Å². The number of aliphatic hydroxyl groups excluding tert-OH is 2. The number of rotatable bonds is 64. The van der Waals surface area contributed by atoms with E-state index in [0.717, 1.165) is 44.9 Å². The standard InChI is InChI=1S/C70H133NO5/c1-3-5-7-9-11-13-15-16-17-37-40-44-48-52-56-60-64-70(75)76-65-61-57-53-49-45-41-38-35-33-31-29-27-25-23-21-19-18-20-22-24-26-28-30-32-34-36-39-43-47-51-55-59-63-69(74)71-67(66-72)68(73)62-58-54-50-46-42-14-12-10-8-6-4-2/h17,21,23,37,58,62,67-68,72-73H,3-16,18-20,22,24-36,38-57,59-61,63-66H2,1-2H3,(H,71,74)/b23-21-,37-17-,62-58+. The van der Waals surface area contributed by atoms with Crippen molar-refractivity contribution in [3.05, 3.63) is 36.5 Å². The van der Waals surface area contributed by atoms with Gasteiger partial charge in [0.25, 0.3) is 0 Å². The van der Waals surface area contributed by atoms with Crippen molar-refractivity contribution >= 4 is 11.9 Å².